The number of nitrogens with one attached hydrogen (secondary N) is 2. The molecule has 1 aliphatic heterocycles. The predicted molar refractivity (Wildman–Crippen MR) is 104 cm³/mol. The first-order chi connectivity index (χ1) is 12.1. The van der Waals surface area contributed by atoms with E-state index in [4.69, 9.17) is 0 Å². The van der Waals surface area contributed by atoms with E-state index < -0.39 is 0 Å². The molecule has 2 N–H and O–H groups in total. The number of benzene rings is 1. The number of rotatable bonds is 7. The molecule has 25 heavy (non-hydrogen) atoms. The second-order valence-electron chi connectivity index (χ2n) is 6.19. The van der Waals surface area contributed by atoms with Gasteiger partial charge in [-0.15, -0.1) is 6.58 Å². The Kier molecular flexibility index (Phi) is 7.32. The van der Waals surface area contributed by atoms with Gasteiger partial charge in [0.15, 0.2) is 5.96 Å². The molecule has 1 aromatic rings. The summed E-state index contributed by atoms with van der Waals surface area (Å²) < 4.78 is 0. The highest BCUT2D eigenvalue weighted by Gasteiger charge is 2.16. The van der Waals surface area contributed by atoms with Crippen molar-refractivity contribution in [1.82, 2.24) is 15.5 Å². The van der Waals surface area contributed by atoms with E-state index in [1.54, 1.807) is 7.05 Å². The topological polar surface area (TPSA) is 60.0 Å². The number of amides is 1. The number of carbonyl (C=O) groups is 1. The first kappa shape index (κ1) is 18.8. The van der Waals surface area contributed by atoms with Crippen molar-refractivity contribution < 1.29 is 4.79 Å². The Balaban J connectivity index is 1.85. The third-order valence-electron chi connectivity index (χ3n) is 4.27. The SMILES string of the molecule is C=CCCCN(C)C(=NC)NCc1ccc(N2CCNC(=O)C2)cc1. The molecule has 1 saturated heterocycles. The lowest BCUT2D eigenvalue weighted by Crippen LogP contribution is -2.47. The summed E-state index contributed by atoms with van der Waals surface area (Å²) in [4.78, 5) is 20.1. The molecule has 1 aliphatic rings. The van der Waals surface area contributed by atoms with Gasteiger partial charge < -0.3 is 20.4 Å². The quantitative estimate of drug-likeness (QED) is 0.342. The molecule has 0 saturated carbocycles. The second-order valence-corrected chi connectivity index (χ2v) is 6.19. The molecular weight excluding hydrogens is 314 g/mol. The van der Waals surface area contributed by atoms with Crippen LogP contribution in [0.3, 0.4) is 0 Å². The molecule has 0 aliphatic carbocycles. The summed E-state index contributed by atoms with van der Waals surface area (Å²) in [5, 5.41) is 6.24. The normalized spacial score (nSPS) is 14.9. The molecule has 0 aromatic heterocycles. The van der Waals surface area contributed by atoms with E-state index in [1.807, 2.05) is 13.1 Å². The van der Waals surface area contributed by atoms with Gasteiger partial charge in [0.1, 0.15) is 0 Å². The molecule has 0 radical (unpaired) electrons. The van der Waals surface area contributed by atoms with E-state index in [-0.39, 0.29) is 5.91 Å². The third kappa shape index (κ3) is 5.81. The monoisotopic (exact) mass is 343 g/mol. The van der Waals surface area contributed by atoms with Gasteiger partial charge in [-0.2, -0.15) is 0 Å². The standard InChI is InChI=1S/C19H29N5O/c1-4-5-6-12-23(3)19(20-2)22-14-16-7-9-17(10-8-16)24-13-11-21-18(25)15-24/h4,7-10H,1,5-6,11-15H2,2-3H3,(H,20,22)(H,21,25). The van der Waals surface area contributed by atoms with Crippen molar-refractivity contribution in [1.29, 1.82) is 0 Å². The highest BCUT2D eigenvalue weighted by molar-refractivity contribution is 5.82. The molecule has 0 spiro atoms. The fourth-order valence-corrected chi connectivity index (χ4v) is 2.83. The van der Waals surface area contributed by atoms with E-state index in [0.717, 1.165) is 44.1 Å². The summed E-state index contributed by atoms with van der Waals surface area (Å²) in [6, 6.07) is 8.35. The van der Waals surface area contributed by atoms with Gasteiger partial charge in [-0.05, 0) is 30.5 Å². The molecular formula is C19H29N5O. The molecule has 1 heterocycles. The van der Waals surface area contributed by atoms with E-state index >= 15 is 0 Å². The number of aliphatic imine (C=N–C) groups is 1. The van der Waals surface area contributed by atoms with Crippen molar-refractivity contribution in [3.63, 3.8) is 0 Å². The van der Waals surface area contributed by atoms with Crippen LogP contribution in [0.1, 0.15) is 18.4 Å². The van der Waals surface area contributed by atoms with E-state index in [0.29, 0.717) is 13.1 Å². The van der Waals surface area contributed by atoms with E-state index in [2.05, 4.69) is 56.3 Å². The Labute approximate surface area is 150 Å². The fourth-order valence-electron chi connectivity index (χ4n) is 2.83. The van der Waals surface area contributed by atoms with Crippen LogP contribution >= 0.6 is 0 Å². The molecule has 2 rings (SSSR count). The number of hydrogen-bond acceptors (Lipinski definition) is 3. The summed E-state index contributed by atoms with van der Waals surface area (Å²) in [7, 11) is 3.85. The maximum Gasteiger partial charge on any atom is 0.239 e. The average Bonchev–Trinajstić information content (AvgIpc) is 2.63. The Hall–Kier alpha value is -2.50. The van der Waals surface area contributed by atoms with Crippen LogP contribution in [0.4, 0.5) is 5.69 Å². The second kappa shape index (κ2) is 9.71. The molecule has 6 nitrogen and oxygen atoms in total. The highest BCUT2D eigenvalue weighted by atomic mass is 16.2. The van der Waals surface area contributed by atoms with E-state index in [9.17, 15) is 4.79 Å². The lowest BCUT2D eigenvalue weighted by Gasteiger charge is -2.28. The number of guanidine groups is 1. The lowest BCUT2D eigenvalue weighted by atomic mass is 10.2. The maximum atomic E-state index is 11.5. The first-order valence-corrected chi connectivity index (χ1v) is 8.77. The van der Waals surface area contributed by atoms with Crippen molar-refractivity contribution in [2.45, 2.75) is 19.4 Å². The van der Waals surface area contributed by atoms with Gasteiger partial charge >= 0.3 is 0 Å². The van der Waals surface area contributed by atoms with Crippen LogP contribution in [-0.2, 0) is 11.3 Å². The van der Waals surface area contributed by atoms with Crippen LogP contribution in [0.2, 0.25) is 0 Å². The Morgan fingerprint density at radius 1 is 1.44 bits per heavy atom. The van der Waals surface area contributed by atoms with Crippen molar-refractivity contribution in [3.05, 3.63) is 42.5 Å². The summed E-state index contributed by atoms with van der Waals surface area (Å²) in [6.45, 7) is 7.41. The molecule has 1 amide bonds. The minimum Gasteiger partial charge on any atom is -0.360 e. The molecule has 0 unspecified atom stereocenters. The molecule has 0 atom stereocenters. The van der Waals surface area contributed by atoms with Crippen LogP contribution in [-0.4, -0.2) is 57.0 Å². The summed E-state index contributed by atoms with van der Waals surface area (Å²) >= 11 is 0. The lowest BCUT2D eigenvalue weighted by molar-refractivity contribution is -0.120. The number of hydrogen-bond donors (Lipinski definition) is 2. The van der Waals surface area contributed by atoms with Crippen LogP contribution in [0.15, 0.2) is 41.9 Å². The Morgan fingerprint density at radius 3 is 2.84 bits per heavy atom. The zero-order chi connectivity index (χ0) is 18.1. The molecule has 0 bridgehead atoms. The van der Waals surface area contributed by atoms with Crippen LogP contribution in [0, 0.1) is 0 Å². The summed E-state index contributed by atoms with van der Waals surface area (Å²) in [6.07, 6.45) is 4.02. The number of anilines is 1. The van der Waals surface area contributed by atoms with Gasteiger partial charge in [0.2, 0.25) is 5.91 Å². The molecule has 6 heteroatoms. The maximum absolute atomic E-state index is 11.5. The van der Waals surface area contributed by atoms with E-state index in [1.165, 1.54) is 5.56 Å². The molecule has 136 valence electrons. The zero-order valence-corrected chi connectivity index (χ0v) is 15.3. The summed E-state index contributed by atoms with van der Waals surface area (Å²) in [5.41, 5.74) is 2.27. The fraction of sp³-hybridized carbons (Fsp3) is 0.474. The van der Waals surface area contributed by atoms with Crippen molar-refractivity contribution in [2.24, 2.45) is 4.99 Å². The largest absolute Gasteiger partial charge is 0.360 e. The van der Waals surface area contributed by atoms with Crippen LogP contribution in [0.25, 0.3) is 0 Å². The number of allylic oxidation sites excluding steroid dienone is 1. The smallest absolute Gasteiger partial charge is 0.239 e. The van der Waals surface area contributed by atoms with Gasteiger partial charge in [0, 0.05) is 46.0 Å². The van der Waals surface area contributed by atoms with Crippen LogP contribution < -0.4 is 15.5 Å². The van der Waals surface area contributed by atoms with Gasteiger partial charge in [-0.3, -0.25) is 9.79 Å². The minimum atomic E-state index is 0.0836. The average molecular weight is 343 g/mol. The minimum absolute atomic E-state index is 0.0836. The first-order valence-electron chi connectivity index (χ1n) is 8.77. The molecule has 1 aromatic carbocycles. The van der Waals surface area contributed by atoms with Gasteiger partial charge in [-0.25, -0.2) is 0 Å². The number of unbranched alkanes of at least 4 members (excludes halogenated alkanes) is 1. The van der Waals surface area contributed by atoms with Crippen molar-refractivity contribution >= 4 is 17.6 Å². The third-order valence-corrected chi connectivity index (χ3v) is 4.27. The number of nitrogens with zero attached hydrogens (tertiary/aromatic N) is 3. The Morgan fingerprint density at radius 2 is 2.20 bits per heavy atom. The predicted octanol–water partition coefficient (Wildman–Crippen LogP) is 1.60. The highest BCUT2D eigenvalue weighted by Crippen LogP contribution is 2.16. The van der Waals surface area contributed by atoms with Crippen molar-refractivity contribution in [3.8, 4) is 0 Å². The Bertz CT molecular complexity index is 596. The van der Waals surface area contributed by atoms with Gasteiger partial charge in [0.25, 0.3) is 0 Å². The van der Waals surface area contributed by atoms with Gasteiger partial charge in [0.05, 0.1) is 6.54 Å². The van der Waals surface area contributed by atoms with Crippen LogP contribution in [0.5, 0.6) is 0 Å². The van der Waals surface area contributed by atoms with Crippen molar-refractivity contribution in [2.75, 3.05) is 45.2 Å². The molecule has 1 fully saturated rings. The summed E-state index contributed by atoms with van der Waals surface area (Å²) in [5.74, 6) is 0.973. The van der Waals surface area contributed by atoms with Gasteiger partial charge in [-0.1, -0.05) is 18.2 Å². The number of piperazine rings is 1. The zero-order valence-electron chi connectivity index (χ0n) is 15.3. The number of carbonyl (C=O) groups excluding carboxylic acids is 1.